The molecule has 2 aliphatic rings. The van der Waals surface area contributed by atoms with Gasteiger partial charge in [0.25, 0.3) is 0 Å². The number of carbonyl (C=O) groups excluding carboxylic acids is 1. The van der Waals surface area contributed by atoms with Crippen molar-refractivity contribution >= 4 is 17.1 Å². The fraction of sp³-hybridized carbons (Fsp3) is 0.576. The van der Waals surface area contributed by atoms with Gasteiger partial charge in [-0.2, -0.15) is 10.4 Å². The average molecular weight is 572 g/mol. The van der Waals surface area contributed by atoms with E-state index >= 15 is 0 Å². The number of nitrogens with zero attached hydrogens (tertiary/aromatic N) is 7. The molecule has 42 heavy (non-hydrogen) atoms. The molecule has 5 heterocycles. The molecular formula is C33H45N7O2. The zero-order valence-electron chi connectivity index (χ0n) is 25.8. The molecule has 0 N–H and O–H groups in total. The number of pyridine rings is 2. The number of nitriles is 1. The average Bonchev–Trinajstić information content (AvgIpc) is 3.38. The number of piperazine rings is 1. The Labute approximate surface area is 250 Å². The van der Waals surface area contributed by atoms with Gasteiger partial charge in [-0.25, -0.2) is 9.50 Å². The number of fused-ring (bicyclic) bond motifs is 1. The van der Waals surface area contributed by atoms with Crippen molar-refractivity contribution in [2.45, 2.75) is 59.4 Å². The molecule has 2 saturated heterocycles. The molecule has 3 aromatic rings. The summed E-state index contributed by atoms with van der Waals surface area (Å²) in [6.07, 6.45) is 8.58. The van der Waals surface area contributed by atoms with Crippen molar-refractivity contribution in [2.24, 2.45) is 11.3 Å². The summed E-state index contributed by atoms with van der Waals surface area (Å²) < 4.78 is 7.48. The highest BCUT2D eigenvalue weighted by atomic mass is 16.5. The summed E-state index contributed by atoms with van der Waals surface area (Å²) in [5.41, 5.74) is 3.07. The Balaban J connectivity index is 1.33. The minimum Gasteiger partial charge on any atom is -0.492 e. The Hall–Kier alpha value is -3.48. The number of carbonyl (C=O) groups is 1. The number of hydrogen-bond acceptors (Lipinski definition) is 8. The zero-order valence-corrected chi connectivity index (χ0v) is 25.8. The van der Waals surface area contributed by atoms with Gasteiger partial charge in [0.15, 0.2) is 0 Å². The standard InChI is InChI=1S/C33H45N7O2/c1-6-42-29-16-30(32-27(18-34)20-36-40(32)22-29)26-7-8-31(35-19-26)39-11-9-33(10-12-39,17-28(41)15-24(2)3)23-38-14-13-37(5)25(4)21-38/h7-8,16,19-20,22,24-25H,6,9-15,17,21,23H2,1-5H3/t25-/m0/s1. The number of likely N-dealkylation sites (N-methyl/N-ethyl adjacent to an activating group) is 1. The minimum atomic E-state index is 0.0130. The third kappa shape index (κ3) is 6.61. The lowest BCUT2D eigenvalue weighted by Gasteiger charge is -2.47. The van der Waals surface area contributed by atoms with E-state index in [1.807, 2.05) is 19.2 Å². The van der Waals surface area contributed by atoms with Crippen LogP contribution in [0.25, 0.3) is 16.6 Å². The zero-order chi connectivity index (χ0) is 29.9. The molecule has 2 fully saturated rings. The molecule has 0 aliphatic carbocycles. The second-order valence-electron chi connectivity index (χ2n) is 12.8. The summed E-state index contributed by atoms with van der Waals surface area (Å²) in [5.74, 6) is 2.44. The van der Waals surface area contributed by atoms with Crippen LogP contribution in [0.3, 0.4) is 0 Å². The molecule has 3 aromatic heterocycles. The van der Waals surface area contributed by atoms with Crippen LogP contribution in [-0.2, 0) is 4.79 Å². The third-order valence-corrected chi connectivity index (χ3v) is 9.04. The first-order valence-corrected chi connectivity index (χ1v) is 15.4. The van der Waals surface area contributed by atoms with Crippen molar-refractivity contribution in [2.75, 3.05) is 57.8 Å². The van der Waals surface area contributed by atoms with Crippen LogP contribution in [-0.4, -0.2) is 89.1 Å². The minimum absolute atomic E-state index is 0.0130. The van der Waals surface area contributed by atoms with Gasteiger partial charge in [0.2, 0.25) is 0 Å². The number of aromatic nitrogens is 3. The molecule has 0 spiro atoms. The van der Waals surface area contributed by atoms with Gasteiger partial charge in [-0.1, -0.05) is 13.8 Å². The van der Waals surface area contributed by atoms with Crippen LogP contribution in [0.4, 0.5) is 5.82 Å². The van der Waals surface area contributed by atoms with E-state index in [4.69, 9.17) is 9.72 Å². The predicted molar refractivity (Wildman–Crippen MR) is 166 cm³/mol. The monoisotopic (exact) mass is 571 g/mol. The van der Waals surface area contributed by atoms with E-state index in [-0.39, 0.29) is 5.41 Å². The van der Waals surface area contributed by atoms with E-state index in [1.165, 1.54) is 0 Å². The van der Waals surface area contributed by atoms with E-state index in [1.54, 1.807) is 16.9 Å². The summed E-state index contributed by atoms with van der Waals surface area (Å²) >= 11 is 0. The molecule has 0 amide bonds. The Morgan fingerprint density at radius 2 is 1.98 bits per heavy atom. The molecule has 2 aliphatic heterocycles. The Bertz CT molecular complexity index is 1420. The van der Waals surface area contributed by atoms with Crippen molar-refractivity contribution < 1.29 is 9.53 Å². The van der Waals surface area contributed by atoms with Crippen LogP contribution in [0, 0.1) is 22.7 Å². The Kier molecular flexibility index (Phi) is 9.14. The summed E-state index contributed by atoms with van der Waals surface area (Å²) in [7, 11) is 2.21. The molecular weight excluding hydrogens is 526 g/mol. The van der Waals surface area contributed by atoms with Gasteiger partial charge < -0.3 is 14.5 Å². The smallest absolute Gasteiger partial charge is 0.138 e. The third-order valence-electron chi connectivity index (χ3n) is 9.04. The maximum absolute atomic E-state index is 13.1. The Morgan fingerprint density at radius 1 is 1.19 bits per heavy atom. The van der Waals surface area contributed by atoms with Crippen LogP contribution in [0.15, 0.2) is 36.8 Å². The van der Waals surface area contributed by atoms with Crippen molar-refractivity contribution in [1.29, 1.82) is 5.26 Å². The fourth-order valence-electron chi connectivity index (χ4n) is 6.67. The van der Waals surface area contributed by atoms with E-state index in [2.05, 4.69) is 65.8 Å². The molecule has 0 saturated carbocycles. The molecule has 0 radical (unpaired) electrons. The quantitative estimate of drug-likeness (QED) is 0.340. The predicted octanol–water partition coefficient (Wildman–Crippen LogP) is 4.89. The molecule has 0 bridgehead atoms. The SMILES string of the molecule is CCOc1cc(-c2ccc(N3CCC(CC(=O)CC(C)C)(CN4CCN(C)[C@@H](C)C4)CC3)nc2)c2c(C#N)cnn2c1. The number of piperidine rings is 1. The maximum atomic E-state index is 13.1. The largest absolute Gasteiger partial charge is 0.492 e. The van der Waals surface area contributed by atoms with Crippen molar-refractivity contribution in [3.8, 4) is 22.9 Å². The van der Waals surface area contributed by atoms with Crippen LogP contribution >= 0.6 is 0 Å². The first-order valence-electron chi connectivity index (χ1n) is 15.4. The van der Waals surface area contributed by atoms with Gasteiger partial charge in [-0.05, 0) is 63.3 Å². The second-order valence-corrected chi connectivity index (χ2v) is 12.8. The molecule has 9 heteroatoms. The summed E-state index contributed by atoms with van der Waals surface area (Å²) in [6.45, 7) is 15.0. The lowest BCUT2D eigenvalue weighted by atomic mass is 9.73. The van der Waals surface area contributed by atoms with Crippen molar-refractivity contribution in [1.82, 2.24) is 24.4 Å². The number of rotatable bonds is 10. The molecule has 224 valence electrons. The van der Waals surface area contributed by atoms with Gasteiger partial charge in [0, 0.05) is 75.5 Å². The number of anilines is 1. The number of ether oxygens (including phenoxy) is 1. The first-order chi connectivity index (χ1) is 20.2. The number of ketones is 1. The van der Waals surface area contributed by atoms with Gasteiger partial charge >= 0.3 is 0 Å². The lowest BCUT2D eigenvalue weighted by Crippen LogP contribution is -2.55. The summed E-state index contributed by atoms with van der Waals surface area (Å²) in [4.78, 5) is 25.4. The molecule has 5 rings (SSSR count). The number of Topliss-reactive ketones (excluding diaryl/α,β-unsaturated/α-hetero) is 1. The first kappa shape index (κ1) is 30.0. The van der Waals surface area contributed by atoms with Crippen molar-refractivity contribution in [3.05, 3.63) is 42.4 Å². The molecule has 0 aromatic carbocycles. The highest BCUT2D eigenvalue weighted by molar-refractivity contribution is 5.85. The van der Waals surface area contributed by atoms with E-state index < -0.39 is 0 Å². The summed E-state index contributed by atoms with van der Waals surface area (Å²) in [5, 5.41) is 14.0. The van der Waals surface area contributed by atoms with Gasteiger partial charge in [0.1, 0.15) is 23.4 Å². The van der Waals surface area contributed by atoms with Gasteiger partial charge in [0.05, 0.1) is 30.1 Å². The molecule has 0 unspecified atom stereocenters. The highest BCUT2D eigenvalue weighted by Gasteiger charge is 2.39. The van der Waals surface area contributed by atoms with E-state index in [0.29, 0.717) is 48.5 Å². The normalized spacial score (nSPS) is 19.7. The summed E-state index contributed by atoms with van der Waals surface area (Å²) in [6, 6.07) is 8.89. The topological polar surface area (TPSA) is 90.0 Å². The fourth-order valence-corrected chi connectivity index (χ4v) is 6.67. The van der Waals surface area contributed by atoms with Crippen molar-refractivity contribution in [3.63, 3.8) is 0 Å². The van der Waals surface area contributed by atoms with E-state index in [0.717, 1.165) is 74.6 Å². The van der Waals surface area contributed by atoms with Crippen LogP contribution in [0.2, 0.25) is 0 Å². The van der Waals surface area contributed by atoms with Crippen LogP contribution in [0.1, 0.15) is 58.9 Å². The molecule has 9 nitrogen and oxygen atoms in total. The number of hydrogen-bond donors (Lipinski definition) is 0. The van der Waals surface area contributed by atoms with Crippen LogP contribution < -0.4 is 9.64 Å². The second kappa shape index (κ2) is 12.8. The molecule has 1 atom stereocenters. The van der Waals surface area contributed by atoms with Gasteiger partial charge in [-0.3, -0.25) is 9.69 Å². The Morgan fingerprint density at radius 3 is 2.62 bits per heavy atom. The lowest BCUT2D eigenvalue weighted by molar-refractivity contribution is -0.123. The highest BCUT2D eigenvalue weighted by Crippen LogP contribution is 2.39. The maximum Gasteiger partial charge on any atom is 0.138 e. The van der Waals surface area contributed by atoms with Crippen LogP contribution in [0.5, 0.6) is 5.75 Å². The van der Waals surface area contributed by atoms with E-state index in [9.17, 15) is 10.1 Å². The van der Waals surface area contributed by atoms with Gasteiger partial charge in [-0.15, -0.1) is 0 Å².